The van der Waals surface area contributed by atoms with Crippen molar-refractivity contribution in [3.8, 4) is 34.5 Å². The first kappa shape index (κ1) is 105. The molecule has 8 amide bonds. The second kappa shape index (κ2) is 45.6. The molecule has 0 bridgehead atoms. The summed E-state index contributed by atoms with van der Waals surface area (Å²) in [6.45, 7) is 21.1. The zero-order chi connectivity index (χ0) is 103. The average molecular weight is 2100 g/mol. The summed E-state index contributed by atoms with van der Waals surface area (Å²) in [5.41, 5.74) is 8.17. The van der Waals surface area contributed by atoms with Crippen molar-refractivity contribution in [1.29, 1.82) is 0 Å². The van der Waals surface area contributed by atoms with E-state index in [9.17, 15) is 55.9 Å². The number of rotatable bonds is 16. The minimum absolute atomic E-state index is 0. The molecule has 34 nitrogen and oxygen atoms in total. The van der Waals surface area contributed by atoms with E-state index in [4.69, 9.17) is 89.8 Å². The number of halogens is 8. The van der Waals surface area contributed by atoms with Gasteiger partial charge in [0.25, 0.3) is 35.5 Å². The van der Waals surface area contributed by atoms with Gasteiger partial charge in [-0.05, 0) is 170 Å². The number of aryl methyl sites for hydroxylation is 2. The van der Waals surface area contributed by atoms with Crippen LogP contribution in [0.15, 0.2) is 172 Å². The standard InChI is InChI=1S/2C27H28ClF2N5O3.2C25H26ClN5O4.CH4/c1-3-21(36)34-12-8-7-11-18(14-34)35-23-19(31-26(35)32-25(37)17-9-5-4-6-10-17)13-20-24(22(23)28)33(2)15-27(29,30)16-38-20;1-3-21(36)34-12-8-7-11-18(14-34)35-23-19(31-26(35)32-25(37)17-9-5-4-6-10-17)13-20-24(22(23)28)38-16-27(29,30)15-33(20)2;2*1-3-20(32)30-9-5-4-6-17(14-30)31-22-18(13-19-23(21(22)26)35-11-10-34-19)28-25(31)29-24(33)16-7-8-27-15(2)12-16;/h2*3-6,9-10,13,18H,1,7-8,11-12,14-16H2,2H3,(H,31,32,37);2*3,7-8,12-13,17H,1,4-6,9-11,14H2,2H3,(H,28,29,33);1H4/t2*18-;2*17-;/m1111./s1. The van der Waals surface area contributed by atoms with Gasteiger partial charge in [-0.15, -0.1) is 0 Å². The molecule has 6 aromatic heterocycles. The van der Waals surface area contributed by atoms with Gasteiger partial charge in [-0.25, -0.2) is 37.5 Å². The average Bonchev–Trinajstić information content (AvgIpc) is 1.91. The fraction of sp³-hybridized carbons (Fsp3) is 0.371. The van der Waals surface area contributed by atoms with Gasteiger partial charge in [0.15, 0.2) is 42.0 Å². The summed E-state index contributed by atoms with van der Waals surface area (Å²) in [5, 5.41) is 12.8. The van der Waals surface area contributed by atoms with Gasteiger partial charge in [0, 0.05) is 131 Å². The lowest BCUT2D eigenvalue weighted by molar-refractivity contribution is -0.127. The third-order valence-corrected chi connectivity index (χ3v) is 27.8. The van der Waals surface area contributed by atoms with Gasteiger partial charge in [-0.3, -0.25) is 69.6 Å². The summed E-state index contributed by atoms with van der Waals surface area (Å²) in [5.74, 6) is -4.62. The maximum atomic E-state index is 14.3. The van der Waals surface area contributed by atoms with Crippen LogP contribution in [0.2, 0.25) is 20.1 Å². The number of alkyl halides is 4. The molecule has 42 heteroatoms. The number of nitrogens with zero attached hydrogens (tertiary/aromatic N) is 16. The molecule has 0 saturated carbocycles. The van der Waals surface area contributed by atoms with Gasteiger partial charge in [-0.2, -0.15) is 0 Å². The summed E-state index contributed by atoms with van der Waals surface area (Å²) in [7, 11) is 3.08. The van der Waals surface area contributed by atoms with Crippen molar-refractivity contribution in [2.75, 3.05) is 150 Å². The number of amides is 8. The zero-order valence-corrected chi connectivity index (χ0v) is 83.7. The fourth-order valence-corrected chi connectivity index (χ4v) is 21.1. The second-order valence-corrected chi connectivity index (χ2v) is 38.2. The molecule has 147 heavy (non-hydrogen) atoms. The van der Waals surface area contributed by atoms with Gasteiger partial charge in [0.2, 0.25) is 47.4 Å². The number of ether oxygens (including phenoxy) is 6. The molecule has 4 N–H and O–H groups in total. The van der Waals surface area contributed by atoms with Crippen LogP contribution in [0.3, 0.4) is 0 Å². The largest absolute Gasteiger partial charge is 0.486 e. The maximum Gasteiger partial charge on any atom is 0.298 e. The van der Waals surface area contributed by atoms with Crippen LogP contribution in [0, 0.1) is 13.8 Å². The number of carbonyl (C=O) groups is 8. The van der Waals surface area contributed by atoms with Crippen molar-refractivity contribution in [1.82, 2.24) is 67.8 Å². The Bertz CT molecular complexity index is 6830. The molecule has 4 atom stereocenters. The summed E-state index contributed by atoms with van der Waals surface area (Å²) in [4.78, 5) is 140. The van der Waals surface area contributed by atoms with Crippen LogP contribution in [0.25, 0.3) is 44.1 Å². The van der Waals surface area contributed by atoms with Crippen LogP contribution >= 0.6 is 46.4 Å². The van der Waals surface area contributed by atoms with E-state index in [-0.39, 0.29) is 112 Å². The molecule has 4 fully saturated rings. The van der Waals surface area contributed by atoms with Crippen molar-refractivity contribution in [2.24, 2.45) is 0 Å². The maximum absolute atomic E-state index is 14.3. The number of nitrogens with one attached hydrogen (secondary N) is 4. The van der Waals surface area contributed by atoms with E-state index in [1.54, 1.807) is 141 Å². The van der Waals surface area contributed by atoms with E-state index in [2.05, 4.69) is 62.5 Å². The number of aromatic nitrogens is 10. The Morgan fingerprint density at radius 1 is 0.381 bits per heavy atom. The molecule has 14 heterocycles. The van der Waals surface area contributed by atoms with Gasteiger partial charge in [0.05, 0.1) is 92.1 Å². The van der Waals surface area contributed by atoms with E-state index in [0.29, 0.717) is 214 Å². The highest BCUT2D eigenvalue weighted by Crippen LogP contribution is 2.52. The number of benzene rings is 6. The summed E-state index contributed by atoms with van der Waals surface area (Å²) in [6.07, 6.45) is 18.2. The van der Waals surface area contributed by atoms with Crippen molar-refractivity contribution in [2.45, 2.75) is 134 Å². The molecular formula is C105H112Cl4F4N20O14. The Hall–Kier alpha value is -14.5. The summed E-state index contributed by atoms with van der Waals surface area (Å²) in [6, 6.07) is 30.0. The van der Waals surface area contributed by atoms with Gasteiger partial charge in [-0.1, -0.05) is 117 Å². The topological polar surface area (TPSA) is 357 Å². The molecule has 6 aromatic carbocycles. The minimum Gasteiger partial charge on any atom is -0.486 e. The molecule has 8 aliphatic rings. The normalized spacial score (nSPS) is 18.3. The first-order valence-corrected chi connectivity index (χ1v) is 49.6. The first-order valence-electron chi connectivity index (χ1n) is 48.1. The molecule has 0 unspecified atom stereocenters. The Kier molecular flexibility index (Phi) is 32.7. The van der Waals surface area contributed by atoms with Crippen LogP contribution in [0.4, 0.5) is 52.7 Å². The third-order valence-electron chi connectivity index (χ3n) is 26.4. The minimum atomic E-state index is -3.06. The lowest BCUT2D eigenvalue weighted by Crippen LogP contribution is -2.36. The van der Waals surface area contributed by atoms with Crippen LogP contribution in [0.1, 0.15) is 161 Å². The number of anilines is 6. The molecule has 4 saturated heterocycles. The molecule has 0 spiro atoms. The number of hydrogen-bond acceptors (Lipinski definition) is 22. The molecule has 0 radical (unpaired) electrons. The highest BCUT2D eigenvalue weighted by atomic mass is 35.5. The van der Waals surface area contributed by atoms with E-state index >= 15 is 0 Å². The number of pyridine rings is 2. The fourth-order valence-electron chi connectivity index (χ4n) is 19.6. The van der Waals surface area contributed by atoms with Crippen molar-refractivity contribution in [3.63, 3.8) is 0 Å². The monoisotopic (exact) mass is 2090 g/mol. The third kappa shape index (κ3) is 23.0. The predicted octanol–water partition coefficient (Wildman–Crippen LogP) is 19.2. The number of likely N-dealkylation sites (tertiary alicyclic amines) is 4. The SMILES string of the molecule is C.C=CC(=O)N1CCCC[C@@H](n2c(NC(=O)c3ccccc3)nc3cc4c(c(Cl)c32)N(C)CC(F)(F)CO4)C1.C=CC(=O)N1CCCC[C@@H](n2c(NC(=O)c3ccccc3)nc3cc4c(c(Cl)c32)OCC(F)(F)CN4C)C1.C=CC(=O)N1CCCC[C@@H](n2c(NC(=O)c3ccnc(C)c3)nc3cc4c(c(Cl)c32)OCCO4)C1.C=CC(=O)N1CCCC[C@@H](n2c(NC(=O)c3ccnc(C)c3)nc3cc4c(c(Cl)c32)OCCO4)C1. The highest BCUT2D eigenvalue weighted by Gasteiger charge is 2.43. The Labute approximate surface area is 864 Å². The van der Waals surface area contributed by atoms with E-state index in [1.165, 1.54) is 41.2 Å². The zero-order valence-electron chi connectivity index (χ0n) is 80.7. The number of hydrogen-bond donors (Lipinski definition) is 4. The smallest absolute Gasteiger partial charge is 0.298 e. The van der Waals surface area contributed by atoms with Gasteiger partial charge in [0.1, 0.15) is 52.9 Å². The number of fused-ring (bicyclic) bond motifs is 8. The molecule has 0 aliphatic carbocycles. The van der Waals surface area contributed by atoms with Crippen molar-refractivity contribution < 1.29 is 84.3 Å². The van der Waals surface area contributed by atoms with Gasteiger partial charge < -0.3 is 76.1 Å². The van der Waals surface area contributed by atoms with Crippen LogP contribution in [-0.2, 0) is 19.2 Å². The summed E-state index contributed by atoms with van der Waals surface area (Å²) < 4.78 is 98.8. The lowest BCUT2D eigenvalue weighted by Gasteiger charge is -2.27. The predicted molar refractivity (Wildman–Crippen MR) is 556 cm³/mol. The molecule has 20 rings (SSSR count). The van der Waals surface area contributed by atoms with Crippen LogP contribution < -0.4 is 59.5 Å². The Morgan fingerprint density at radius 2 is 0.694 bits per heavy atom. The molecule has 772 valence electrons. The van der Waals surface area contributed by atoms with Crippen LogP contribution in [-0.4, -0.2) is 246 Å². The van der Waals surface area contributed by atoms with Crippen molar-refractivity contribution >= 4 is 173 Å². The number of imidazole rings is 4. The first-order chi connectivity index (χ1) is 70.3. The molecular weight excluding hydrogens is 1980 g/mol. The quantitative estimate of drug-likeness (QED) is 0.0515. The lowest BCUT2D eigenvalue weighted by atomic mass is 10.1. The summed E-state index contributed by atoms with van der Waals surface area (Å²) >= 11 is 27.5. The van der Waals surface area contributed by atoms with Crippen LogP contribution in [0.5, 0.6) is 34.5 Å². The molecule has 12 aromatic rings. The Morgan fingerprint density at radius 3 is 1.05 bits per heavy atom. The molecule has 8 aliphatic heterocycles. The van der Waals surface area contributed by atoms with E-state index in [0.717, 1.165) is 75.6 Å². The van der Waals surface area contributed by atoms with E-state index < -0.39 is 38.1 Å². The van der Waals surface area contributed by atoms with E-state index in [1.807, 2.05) is 39.7 Å². The number of carbonyl (C=O) groups excluding carboxylic acids is 8. The van der Waals surface area contributed by atoms with Gasteiger partial charge >= 0.3 is 0 Å². The Balaban J connectivity index is 0.000000140. The highest BCUT2D eigenvalue weighted by molar-refractivity contribution is 6.39. The van der Waals surface area contributed by atoms with Crippen molar-refractivity contribution in [3.05, 3.63) is 226 Å². The second-order valence-electron chi connectivity index (χ2n) is 36.7.